The molecular weight excluding hydrogens is 260 g/mol. The number of nitrogens with two attached hydrogens (primary N) is 1. The van der Waals surface area contributed by atoms with Gasteiger partial charge in [0, 0.05) is 29.7 Å². The summed E-state index contributed by atoms with van der Waals surface area (Å²) in [7, 11) is 2.08. The smallest absolute Gasteiger partial charge is 0.0378 e. The van der Waals surface area contributed by atoms with Crippen LogP contribution >= 0.6 is 0 Å². The van der Waals surface area contributed by atoms with Crippen LogP contribution in [0.25, 0.3) is 0 Å². The Bertz CT molecular complexity index is 436. The normalized spacial score (nSPS) is 19.0. The molecule has 2 rings (SSSR count). The zero-order valence-corrected chi connectivity index (χ0v) is 13.7. The fourth-order valence-corrected chi connectivity index (χ4v) is 4.11. The maximum Gasteiger partial charge on any atom is 0.0378 e. The summed E-state index contributed by atoms with van der Waals surface area (Å²) in [6.45, 7) is 6.76. The molecule has 0 aliphatic heterocycles. The molecule has 0 spiro atoms. The lowest BCUT2D eigenvalue weighted by Gasteiger charge is -2.46. The fraction of sp³-hybridized carbons (Fsp3) is 0.706. The first-order valence-corrected chi connectivity index (χ1v) is 8.28. The molecule has 1 heterocycles. The number of hydrogen-bond acceptors (Lipinski definition) is 4. The molecule has 0 bridgehead atoms. The predicted molar refractivity (Wildman–Crippen MR) is 89.3 cm³/mol. The maximum absolute atomic E-state index is 6.13. The van der Waals surface area contributed by atoms with Gasteiger partial charge in [-0.3, -0.25) is 9.88 Å². The van der Waals surface area contributed by atoms with Gasteiger partial charge in [-0.15, -0.1) is 0 Å². The summed E-state index contributed by atoms with van der Waals surface area (Å²) in [4.78, 5) is 6.89. The van der Waals surface area contributed by atoms with E-state index in [0.29, 0.717) is 6.04 Å². The first-order valence-electron chi connectivity index (χ1n) is 8.28. The van der Waals surface area contributed by atoms with Gasteiger partial charge in [-0.2, -0.15) is 0 Å². The quantitative estimate of drug-likeness (QED) is 0.810. The first kappa shape index (κ1) is 16.2. The monoisotopic (exact) mass is 290 g/mol. The van der Waals surface area contributed by atoms with Crippen LogP contribution in [0.2, 0.25) is 0 Å². The molecule has 1 aliphatic carbocycles. The first-order chi connectivity index (χ1) is 10.2. The second kappa shape index (κ2) is 7.23. The van der Waals surface area contributed by atoms with E-state index < -0.39 is 0 Å². The number of nitrogens with zero attached hydrogens (tertiary/aromatic N) is 2. The molecule has 0 radical (unpaired) electrons. The highest BCUT2D eigenvalue weighted by Gasteiger charge is 2.44. The van der Waals surface area contributed by atoms with Gasteiger partial charge in [0.2, 0.25) is 0 Å². The Labute approximate surface area is 129 Å². The van der Waals surface area contributed by atoms with Crippen molar-refractivity contribution in [2.24, 2.45) is 0 Å². The number of nitrogen functional groups attached to an aromatic ring is 1. The summed E-state index contributed by atoms with van der Waals surface area (Å²) in [5, 5.41) is 3.58. The summed E-state index contributed by atoms with van der Waals surface area (Å²) in [6.07, 6.45) is 9.86. The van der Waals surface area contributed by atoms with Gasteiger partial charge >= 0.3 is 0 Å². The summed E-state index contributed by atoms with van der Waals surface area (Å²) >= 11 is 0. The van der Waals surface area contributed by atoms with Gasteiger partial charge in [0.05, 0.1) is 0 Å². The van der Waals surface area contributed by atoms with Crippen molar-refractivity contribution in [1.29, 1.82) is 0 Å². The maximum atomic E-state index is 6.13. The lowest BCUT2D eigenvalue weighted by Crippen LogP contribution is -2.60. The highest BCUT2D eigenvalue weighted by molar-refractivity contribution is 5.45. The van der Waals surface area contributed by atoms with Crippen LogP contribution in [0.1, 0.15) is 45.1 Å². The van der Waals surface area contributed by atoms with E-state index >= 15 is 0 Å². The minimum Gasteiger partial charge on any atom is -0.398 e. The van der Waals surface area contributed by atoms with Crippen LogP contribution in [0.15, 0.2) is 18.5 Å². The Hall–Kier alpha value is -1.13. The zero-order valence-electron chi connectivity index (χ0n) is 13.7. The highest BCUT2D eigenvalue weighted by atomic mass is 15.2. The van der Waals surface area contributed by atoms with Crippen LogP contribution in [0.3, 0.4) is 0 Å². The minimum atomic E-state index is 0.264. The molecule has 0 saturated heterocycles. The number of pyridine rings is 1. The van der Waals surface area contributed by atoms with Gasteiger partial charge in [-0.25, -0.2) is 0 Å². The second-order valence-corrected chi connectivity index (χ2v) is 6.10. The summed E-state index contributed by atoms with van der Waals surface area (Å²) in [6, 6.07) is 2.33. The Morgan fingerprint density at radius 3 is 2.52 bits per heavy atom. The minimum absolute atomic E-state index is 0.264. The molecule has 0 aromatic carbocycles. The molecule has 21 heavy (non-hydrogen) atoms. The zero-order chi connectivity index (χ0) is 15.3. The number of likely N-dealkylation sites (N-methyl/N-ethyl adjacent to an activating group) is 2. The number of hydrogen-bond donors (Lipinski definition) is 2. The Balaban J connectivity index is 2.26. The van der Waals surface area contributed by atoms with Crippen molar-refractivity contribution in [2.45, 2.75) is 57.5 Å². The van der Waals surface area contributed by atoms with E-state index in [1.807, 2.05) is 12.3 Å². The van der Waals surface area contributed by atoms with Crippen LogP contribution in [0.4, 0.5) is 5.69 Å². The number of nitrogens with one attached hydrogen (secondary N) is 1. The van der Waals surface area contributed by atoms with E-state index in [0.717, 1.165) is 30.8 Å². The van der Waals surface area contributed by atoms with Gasteiger partial charge in [0.1, 0.15) is 0 Å². The van der Waals surface area contributed by atoms with Crippen LogP contribution < -0.4 is 11.1 Å². The van der Waals surface area contributed by atoms with Gasteiger partial charge in [0.25, 0.3) is 0 Å². The molecule has 4 heteroatoms. The van der Waals surface area contributed by atoms with E-state index in [1.165, 1.54) is 25.7 Å². The molecule has 1 unspecified atom stereocenters. The molecule has 1 aromatic heterocycles. The average molecular weight is 290 g/mol. The van der Waals surface area contributed by atoms with Gasteiger partial charge in [-0.1, -0.05) is 26.7 Å². The lowest BCUT2D eigenvalue weighted by molar-refractivity contribution is 0.0659. The van der Waals surface area contributed by atoms with Crippen LogP contribution in [0.5, 0.6) is 0 Å². The molecule has 3 N–H and O–H groups in total. The van der Waals surface area contributed by atoms with Crippen molar-refractivity contribution in [3.8, 4) is 0 Å². The second-order valence-electron chi connectivity index (χ2n) is 6.10. The predicted octanol–water partition coefficient (Wildman–Crippen LogP) is 2.45. The lowest BCUT2D eigenvalue weighted by atomic mass is 9.82. The van der Waals surface area contributed by atoms with Gasteiger partial charge in [0.15, 0.2) is 0 Å². The van der Waals surface area contributed by atoms with E-state index in [4.69, 9.17) is 5.73 Å². The molecule has 1 saturated carbocycles. The third kappa shape index (κ3) is 3.22. The van der Waals surface area contributed by atoms with Crippen LogP contribution in [-0.4, -0.2) is 41.6 Å². The fourth-order valence-electron chi connectivity index (χ4n) is 4.11. The third-order valence-corrected chi connectivity index (χ3v) is 5.23. The van der Waals surface area contributed by atoms with Crippen molar-refractivity contribution >= 4 is 5.69 Å². The number of rotatable bonds is 7. The largest absolute Gasteiger partial charge is 0.398 e. The standard InChI is InChI=1S/C17H30N4/c1-4-21(5-2)17(9-6-7-10-17)16(19-3)12-14-13-20-11-8-15(14)18/h8,11,13,16,19H,4-7,9-10,12H2,1-3H3,(H2,18,20). The van der Waals surface area contributed by atoms with E-state index in [2.05, 4.69) is 36.1 Å². The van der Waals surface area contributed by atoms with Crippen molar-refractivity contribution < 1.29 is 0 Å². The summed E-state index contributed by atoms with van der Waals surface area (Å²) in [5.74, 6) is 0. The molecular formula is C17H30N4. The molecule has 1 atom stereocenters. The average Bonchev–Trinajstić information content (AvgIpc) is 2.98. The molecule has 118 valence electrons. The number of aromatic nitrogens is 1. The summed E-state index contributed by atoms with van der Waals surface area (Å²) in [5.41, 5.74) is 8.41. The third-order valence-electron chi connectivity index (χ3n) is 5.23. The SMILES string of the molecule is CCN(CC)C1(C(Cc2cnccc2N)NC)CCCC1. The van der Waals surface area contributed by atoms with Crippen molar-refractivity contribution in [1.82, 2.24) is 15.2 Å². The van der Waals surface area contributed by atoms with Crippen molar-refractivity contribution in [3.63, 3.8) is 0 Å². The highest BCUT2D eigenvalue weighted by Crippen LogP contribution is 2.39. The van der Waals surface area contributed by atoms with E-state index in [1.54, 1.807) is 6.20 Å². The van der Waals surface area contributed by atoms with Crippen molar-refractivity contribution in [2.75, 3.05) is 25.9 Å². The van der Waals surface area contributed by atoms with E-state index in [9.17, 15) is 0 Å². The molecule has 1 aliphatic rings. The van der Waals surface area contributed by atoms with Crippen molar-refractivity contribution in [3.05, 3.63) is 24.0 Å². The summed E-state index contributed by atoms with van der Waals surface area (Å²) < 4.78 is 0. The Kier molecular flexibility index (Phi) is 5.59. The Morgan fingerprint density at radius 2 is 2.00 bits per heavy atom. The number of anilines is 1. The molecule has 1 aromatic rings. The molecule has 1 fully saturated rings. The Morgan fingerprint density at radius 1 is 1.33 bits per heavy atom. The topological polar surface area (TPSA) is 54.2 Å². The molecule has 4 nitrogen and oxygen atoms in total. The van der Waals surface area contributed by atoms with E-state index in [-0.39, 0.29) is 5.54 Å². The molecule has 0 amide bonds. The van der Waals surface area contributed by atoms with Crippen LogP contribution in [0, 0.1) is 0 Å². The van der Waals surface area contributed by atoms with Gasteiger partial charge < -0.3 is 11.1 Å². The van der Waals surface area contributed by atoms with Gasteiger partial charge in [-0.05, 0) is 51.0 Å². The van der Waals surface area contributed by atoms with Crippen LogP contribution in [-0.2, 0) is 6.42 Å².